The lowest BCUT2D eigenvalue weighted by Gasteiger charge is -2.36. The quantitative estimate of drug-likeness (QED) is 0.572. The average Bonchev–Trinajstić information content (AvgIpc) is 2.06. The van der Waals surface area contributed by atoms with E-state index in [1.54, 1.807) is 4.90 Å². The third kappa shape index (κ3) is 1.59. The molecule has 1 rings (SSSR count). The van der Waals surface area contributed by atoms with Crippen molar-refractivity contribution in [1.82, 2.24) is 10.2 Å². The fraction of sp³-hybridized carbons (Fsp3) is 0.875. The van der Waals surface area contributed by atoms with E-state index in [4.69, 9.17) is 5.11 Å². The van der Waals surface area contributed by atoms with Crippen molar-refractivity contribution in [3.8, 4) is 0 Å². The summed E-state index contributed by atoms with van der Waals surface area (Å²) in [6.45, 7) is 5.33. The molecule has 2 N–H and O–H groups in total. The maximum absolute atomic E-state index is 11.5. The van der Waals surface area contributed by atoms with E-state index >= 15 is 0 Å². The van der Waals surface area contributed by atoms with Gasteiger partial charge in [0.2, 0.25) is 5.91 Å². The van der Waals surface area contributed by atoms with E-state index in [0.717, 1.165) is 13.1 Å². The highest BCUT2D eigenvalue weighted by Crippen LogP contribution is 2.07. The summed E-state index contributed by atoms with van der Waals surface area (Å²) in [5.74, 6) is 0.0127. The number of nitrogens with zero attached hydrogens (tertiary/aromatic N) is 1. The molecule has 4 heteroatoms. The molecule has 1 heterocycles. The minimum atomic E-state index is -0.388. The largest absolute Gasteiger partial charge is 0.394 e. The van der Waals surface area contributed by atoms with Crippen LogP contribution in [0.1, 0.15) is 13.8 Å². The molecule has 1 amide bonds. The van der Waals surface area contributed by atoms with Crippen LogP contribution in [0.3, 0.4) is 0 Å². The zero-order valence-corrected chi connectivity index (χ0v) is 7.58. The topological polar surface area (TPSA) is 52.6 Å². The Balaban J connectivity index is 2.63. The summed E-state index contributed by atoms with van der Waals surface area (Å²) in [5, 5.41) is 11.8. The molecule has 0 aromatic rings. The monoisotopic (exact) mass is 172 g/mol. The SMILES string of the molecule is CCN1C(=O)C(CO)NCC1C. The molecule has 0 radical (unpaired) electrons. The first-order valence-electron chi connectivity index (χ1n) is 4.35. The van der Waals surface area contributed by atoms with Gasteiger partial charge in [-0.1, -0.05) is 0 Å². The van der Waals surface area contributed by atoms with Gasteiger partial charge in [-0.25, -0.2) is 0 Å². The minimum Gasteiger partial charge on any atom is -0.394 e. The number of aliphatic hydroxyl groups excluding tert-OH is 1. The van der Waals surface area contributed by atoms with Gasteiger partial charge in [-0.3, -0.25) is 4.79 Å². The number of rotatable bonds is 2. The number of hydrogen-bond donors (Lipinski definition) is 2. The van der Waals surface area contributed by atoms with E-state index in [-0.39, 0.29) is 24.6 Å². The second kappa shape index (κ2) is 3.87. The fourth-order valence-electron chi connectivity index (χ4n) is 1.54. The molecule has 0 spiro atoms. The van der Waals surface area contributed by atoms with Gasteiger partial charge in [0, 0.05) is 19.1 Å². The number of carbonyl (C=O) groups excluding carboxylic acids is 1. The van der Waals surface area contributed by atoms with Crippen LogP contribution in [0.15, 0.2) is 0 Å². The van der Waals surface area contributed by atoms with E-state index < -0.39 is 0 Å². The molecule has 1 fully saturated rings. The van der Waals surface area contributed by atoms with Crippen LogP contribution in [0.5, 0.6) is 0 Å². The van der Waals surface area contributed by atoms with Crippen molar-refractivity contribution in [2.24, 2.45) is 0 Å². The predicted molar refractivity (Wildman–Crippen MR) is 45.7 cm³/mol. The predicted octanol–water partition coefficient (Wildman–Crippen LogP) is -0.812. The molecule has 0 saturated carbocycles. The van der Waals surface area contributed by atoms with Gasteiger partial charge in [0.15, 0.2) is 0 Å². The van der Waals surface area contributed by atoms with Crippen molar-refractivity contribution in [2.75, 3.05) is 19.7 Å². The standard InChI is InChI=1S/C8H16N2O2/c1-3-10-6(2)4-9-7(5-11)8(10)12/h6-7,9,11H,3-5H2,1-2H3. The summed E-state index contributed by atoms with van der Waals surface area (Å²) in [7, 11) is 0. The zero-order chi connectivity index (χ0) is 9.14. The molecule has 1 aliphatic rings. The van der Waals surface area contributed by atoms with Gasteiger partial charge in [0.1, 0.15) is 6.04 Å². The summed E-state index contributed by atoms with van der Waals surface area (Å²) in [6.07, 6.45) is 0. The van der Waals surface area contributed by atoms with Crippen LogP contribution in [0.25, 0.3) is 0 Å². The van der Waals surface area contributed by atoms with Crippen molar-refractivity contribution >= 4 is 5.91 Å². The van der Waals surface area contributed by atoms with Crippen LogP contribution < -0.4 is 5.32 Å². The zero-order valence-electron chi connectivity index (χ0n) is 7.58. The van der Waals surface area contributed by atoms with E-state index in [9.17, 15) is 4.79 Å². The Morgan fingerprint density at radius 1 is 1.75 bits per heavy atom. The third-order valence-electron chi connectivity index (χ3n) is 2.30. The van der Waals surface area contributed by atoms with Gasteiger partial charge >= 0.3 is 0 Å². The number of hydrogen-bond acceptors (Lipinski definition) is 3. The number of likely N-dealkylation sites (N-methyl/N-ethyl adjacent to an activating group) is 1. The van der Waals surface area contributed by atoms with Crippen molar-refractivity contribution in [3.63, 3.8) is 0 Å². The molecule has 0 aliphatic carbocycles. The second-order valence-corrected chi connectivity index (χ2v) is 3.12. The Morgan fingerprint density at radius 2 is 2.42 bits per heavy atom. The molecule has 0 aromatic carbocycles. The molecule has 4 nitrogen and oxygen atoms in total. The molecule has 70 valence electrons. The number of aliphatic hydroxyl groups is 1. The van der Waals surface area contributed by atoms with E-state index in [2.05, 4.69) is 5.32 Å². The Hall–Kier alpha value is -0.610. The highest BCUT2D eigenvalue weighted by atomic mass is 16.3. The lowest BCUT2D eigenvalue weighted by atomic mass is 10.1. The molecular formula is C8H16N2O2. The fourth-order valence-corrected chi connectivity index (χ4v) is 1.54. The van der Waals surface area contributed by atoms with E-state index in [1.807, 2.05) is 13.8 Å². The second-order valence-electron chi connectivity index (χ2n) is 3.12. The normalized spacial score (nSPS) is 30.9. The molecular weight excluding hydrogens is 156 g/mol. The van der Waals surface area contributed by atoms with Crippen LogP contribution in [-0.2, 0) is 4.79 Å². The van der Waals surface area contributed by atoms with Crippen LogP contribution >= 0.6 is 0 Å². The minimum absolute atomic E-state index is 0.0127. The Bertz CT molecular complexity index is 172. The summed E-state index contributed by atoms with van der Waals surface area (Å²) in [4.78, 5) is 13.3. The maximum Gasteiger partial charge on any atom is 0.242 e. The maximum atomic E-state index is 11.5. The molecule has 2 unspecified atom stereocenters. The highest BCUT2D eigenvalue weighted by molar-refractivity contribution is 5.83. The van der Waals surface area contributed by atoms with Crippen LogP contribution in [-0.4, -0.2) is 47.7 Å². The van der Waals surface area contributed by atoms with Gasteiger partial charge in [-0.2, -0.15) is 0 Å². The van der Waals surface area contributed by atoms with Crippen molar-refractivity contribution in [1.29, 1.82) is 0 Å². The molecule has 2 atom stereocenters. The average molecular weight is 172 g/mol. The molecule has 0 aromatic heterocycles. The summed E-state index contributed by atoms with van der Waals surface area (Å²) >= 11 is 0. The Kier molecular flexibility index (Phi) is 3.05. The van der Waals surface area contributed by atoms with Gasteiger partial charge < -0.3 is 15.3 Å². The molecule has 1 saturated heterocycles. The van der Waals surface area contributed by atoms with E-state index in [1.165, 1.54) is 0 Å². The smallest absolute Gasteiger partial charge is 0.242 e. The highest BCUT2D eigenvalue weighted by Gasteiger charge is 2.30. The molecule has 12 heavy (non-hydrogen) atoms. The van der Waals surface area contributed by atoms with Crippen LogP contribution in [0.2, 0.25) is 0 Å². The van der Waals surface area contributed by atoms with Gasteiger partial charge in [-0.05, 0) is 13.8 Å². The summed E-state index contributed by atoms with van der Waals surface area (Å²) in [6, 6.07) is -0.147. The molecule has 0 bridgehead atoms. The number of piperazine rings is 1. The Morgan fingerprint density at radius 3 is 2.92 bits per heavy atom. The van der Waals surface area contributed by atoms with E-state index in [0.29, 0.717) is 0 Å². The first-order valence-corrected chi connectivity index (χ1v) is 4.35. The van der Waals surface area contributed by atoms with Crippen molar-refractivity contribution in [2.45, 2.75) is 25.9 Å². The van der Waals surface area contributed by atoms with Gasteiger partial charge in [0.05, 0.1) is 6.61 Å². The van der Waals surface area contributed by atoms with Crippen LogP contribution in [0, 0.1) is 0 Å². The third-order valence-corrected chi connectivity index (χ3v) is 2.30. The summed E-state index contributed by atoms with van der Waals surface area (Å²) < 4.78 is 0. The van der Waals surface area contributed by atoms with Crippen molar-refractivity contribution in [3.05, 3.63) is 0 Å². The lowest BCUT2D eigenvalue weighted by molar-refractivity contribution is -0.139. The molecule has 1 aliphatic heterocycles. The number of amides is 1. The van der Waals surface area contributed by atoms with Gasteiger partial charge in [0.25, 0.3) is 0 Å². The van der Waals surface area contributed by atoms with Gasteiger partial charge in [-0.15, -0.1) is 0 Å². The first-order chi connectivity index (χ1) is 5.70. The van der Waals surface area contributed by atoms with Crippen molar-refractivity contribution < 1.29 is 9.90 Å². The number of nitrogens with one attached hydrogen (secondary N) is 1. The van der Waals surface area contributed by atoms with Crippen LogP contribution in [0.4, 0.5) is 0 Å². The lowest BCUT2D eigenvalue weighted by Crippen LogP contribution is -2.60. The summed E-state index contributed by atoms with van der Waals surface area (Å²) in [5.41, 5.74) is 0. The Labute approximate surface area is 72.6 Å². The first kappa shape index (κ1) is 9.48. The number of carbonyl (C=O) groups is 1.